The Labute approximate surface area is 75.4 Å². The van der Waals surface area contributed by atoms with Gasteiger partial charge in [-0.3, -0.25) is 4.79 Å². The predicted molar refractivity (Wildman–Crippen MR) is 48.3 cm³/mol. The lowest BCUT2D eigenvalue weighted by atomic mass is 10.3. The van der Waals surface area contributed by atoms with Gasteiger partial charge in [0, 0.05) is 18.8 Å². The maximum absolute atomic E-state index is 10.8. The Morgan fingerprint density at radius 3 is 3.17 bits per heavy atom. The zero-order valence-electron chi connectivity index (χ0n) is 6.29. The molecule has 4 nitrogen and oxygen atoms in total. The second-order valence-electron chi connectivity index (χ2n) is 2.35. The van der Waals surface area contributed by atoms with Gasteiger partial charge in [-0.1, -0.05) is 0 Å². The number of halogens is 1. The monoisotopic (exact) mass is 188 g/mol. The molecule has 12 heavy (non-hydrogen) atoms. The van der Waals surface area contributed by atoms with Crippen LogP contribution in [-0.2, 0) is 0 Å². The molecule has 1 aliphatic rings. The molecule has 0 unspecified atom stereocenters. The normalized spacial score (nSPS) is 13.3. The summed E-state index contributed by atoms with van der Waals surface area (Å²) in [5, 5.41) is 3.06. The number of nitrogens with one attached hydrogen (secondary N) is 2. The summed E-state index contributed by atoms with van der Waals surface area (Å²) in [5.74, 6) is 0.718. The van der Waals surface area contributed by atoms with Gasteiger partial charge in [-0.25, -0.2) is 0 Å². The van der Waals surface area contributed by atoms with Crippen molar-refractivity contribution in [1.29, 1.82) is 0 Å². The van der Waals surface area contributed by atoms with Crippen LogP contribution >= 0.6 is 12.4 Å². The number of hydrogen-bond donors (Lipinski definition) is 2. The molecule has 0 atom stereocenters. The van der Waals surface area contributed by atoms with Crippen molar-refractivity contribution in [2.75, 3.05) is 18.5 Å². The third-order valence-electron chi connectivity index (χ3n) is 1.56. The van der Waals surface area contributed by atoms with Crippen molar-refractivity contribution < 1.29 is 4.74 Å². The van der Waals surface area contributed by atoms with Crippen LogP contribution in [0.15, 0.2) is 17.1 Å². The van der Waals surface area contributed by atoms with Gasteiger partial charge in [-0.2, -0.15) is 0 Å². The van der Waals surface area contributed by atoms with Crippen LogP contribution in [0.5, 0.6) is 5.75 Å². The summed E-state index contributed by atoms with van der Waals surface area (Å²) in [6, 6.07) is 1.49. The highest BCUT2D eigenvalue weighted by Gasteiger charge is 2.08. The van der Waals surface area contributed by atoms with Crippen LogP contribution in [0, 0.1) is 0 Å². The quantitative estimate of drug-likeness (QED) is 0.627. The molecule has 0 saturated carbocycles. The van der Waals surface area contributed by atoms with E-state index in [-0.39, 0.29) is 18.0 Å². The molecule has 1 aliphatic heterocycles. The number of hydrogen-bond acceptors (Lipinski definition) is 3. The molecular formula is C7H9ClN2O2. The molecule has 2 N–H and O–H groups in total. The summed E-state index contributed by atoms with van der Waals surface area (Å²) in [4.78, 5) is 13.3. The fourth-order valence-corrected chi connectivity index (χ4v) is 1.06. The van der Waals surface area contributed by atoms with Gasteiger partial charge in [-0.05, 0) is 0 Å². The molecule has 0 saturated heterocycles. The molecule has 0 aliphatic carbocycles. The number of fused-ring (bicyclic) bond motifs is 1. The van der Waals surface area contributed by atoms with E-state index >= 15 is 0 Å². The van der Waals surface area contributed by atoms with Crippen molar-refractivity contribution >= 4 is 18.1 Å². The smallest absolute Gasteiger partial charge is 0.250 e. The van der Waals surface area contributed by atoms with E-state index in [1.807, 2.05) is 0 Å². The van der Waals surface area contributed by atoms with Gasteiger partial charge in [0.05, 0.1) is 5.69 Å². The Balaban J connectivity index is 0.000000720. The van der Waals surface area contributed by atoms with Crippen molar-refractivity contribution in [2.24, 2.45) is 0 Å². The molecule has 0 radical (unpaired) electrons. The summed E-state index contributed by atoms with van der Waals surface area (Å²) in [7, 11) is 0. The number of anilines is 1. The number of rotatable bonds is 0. The van der Waals surface area contributed by atoms with Gasteiger partial charge in [0.15, 0.2) is 5.75 Å². The van der Waals surface area contributed by atoms with E-state index in [2.05, 4.69) is 10.3 Å². The van der Waals surface area contributed by atoms with Gasteiger partial charge >= 0.3 is 0 Å². The van der Waals surface area contributed by atoms with Crippen LogP contribution in [-0.4, -0.2) is 18.1 Å². The molecule has 0 aromatic carbocycles. The zero-order chi connectivity index (χ0) is 7.68. The first-order chi connectivity index (χ1) is 5.36. The number of H-pyrrole nitrogens is 1. The van der Waals surface area contributed by atoms with Crippen molar-refractivity contribution in [3.63, 3.8) is 0 Å². The first-order valence-corrected chi connectivity index (χ1v) is 3.46. The molecule has 5 heteroatoms. The minimum Gasteiger partial charge on any atom is -0.488 e. The topological polar surface area (TPSA) is 54.1 Å². The minimum absolute atomic E-state index is 0. The highest BCUT2D eigenvalue weighted by Crippen LogP contribution is 2.22. The molecule has 2 heterocycles. The molecule has 2 rings (SSSR count). The largest absolute Gasteiger partial charge is 0.488 e. The summed E-state index contributed by atoms with van der Waals surface area (Å²) < 4.78 is 5.25. The van der Waals surface area contributed by atoms with Crippen LogP contribution in [0.3, 0.4) is 0 Å². The standard InChI is InChI=1S/C7H8N2O2.ClH/c10-7-3-5-6(4-9-7)11-2-1-8-5;/h3-4,8H,1-2H2,(H,9,10);1H. The molecule has 0 bridgehead atoms. The number of ether oxygens (including phenoxy) is 1. The molecule has 0 spiro atoms. The van der Waals surface area contributed by atoms with Gasteiger partial charge in [0.25, 0.3) is 0 Å². The van der Waals surface area contributed by atoms with E-state index in [0.717, 1.165) is 18.0 Å². The van der Waals surface area contributed by atoms with E-state index in [9.17, 15) is 4.79 Å². The van der Waals surface area contributed by atoms with Crippen LogP contribution in [0.4, 0.5) is 5.69 Å². The van der Waals surface area contributed by atoms with Crippen molar-refractivity contribution in [3.05, 3.63) is 22.6 Å². The second kappa shape index (κ2) is 3.49. The van der Waals surface area contributed by atoms with Crippen LogP contribution in [0.2, 0.25) is 0 Å². The third kappa shape index (κ3) is 1.53. The fraction of sp³-hybridized carbons (Fsp3) is 0.286. The van der Waals surface area contributed by atoms with Gasteiger partial charge < -0.3 is 15.0 Å². The molecular weight excluding hydrogens is 180 g/mol. The SMILES string of the molecule is Cl.O=c1cc2c(c[nH]1)OCCN2. The van der Waals surface area contributed by atoms with Gasteiger partial charge in [-0.15, -0.1) is 12.4 Å². The Morgan fingerprint density at radius 1 is 1.50 bits per heavy atom. The van der Waals surface area contributed by atoms with E-state index in [1.165, 1.54) is 6.07 Å². The average molecular weight is 189 g/mol. The highest BCUT2D eigenvalue weighted by atomic mass is 35.5. The first kappa shape index (κ1) is 8.93. The fourth-order valence-electron chi connectivity index (χ4n) is 1.06. The second-order valence-corrected chi connectivity index (χ2v) is 2.35. The van der Waals surface area contributed by atoms with E-state index < -0.39 is 0 Å². The van der Waals surface area contributed by atoms with Crippen LogP contribution < -0.4 is 15.6 Å². The lowest BCUT2D eigenvalue weighted by Gasteiger charge is -2.17. The molecule has 0 amide bonds. The van der Waals surface area contributed by atoms with Gasteiger partial charge in [0.1, 0.15) is 6.61 Å². The van der Waals surface area contributed by atoms with Crippen molar-refractivity contribution in [2.45, 2.75) is 0 Å². The maximum atomic E-state index is 10.8. The highest BCUT2D eigenvalue weighted by molar-refractivity contribution is 5.85. The summed E-state index contributed by atoms with van der Waals surface area (Å²) >= 11 is 0. The first-order valence-electron chi connectivity index (χ1n) is 3.46. The predicted octanol–water partition coefficient (Wildman–Crippen LogP) is 0.601. The molecule has 0 fully saturated rings. The number of pyridine rings is 1. The Bertz CT molecular complexity index is 323. The Morgan fingerprint density at radius 2 is 2.33 bits per heavy atom. The summed E-state index contributed by atoms with van der Waals surface area (Å²) in [5.41, 5.74) is 0.668. The third-order valence-corrected chi connectivity index (χ3v) is 1.56. The van der Waals surface area contributed by atoms with E-state index in [0.29, 0.717) is 6.61 Å². The molecule has 1 aromatic heterocycles. The zero-order valence-corrected chi connectivity index (χ0v) is 7.11. The molecule has 1 aromatic rings. The lowest BCUT2D eigenvalue weighted by Crippen LogP contribution is -2.20. The number of aromatic nitrogens is 1. The molecule has 66 valence electrons. The van der Waals surface area contributed by atoms with Gasteiger partial charge in [0.2, 0.25) is 5.56 Å². The summed E-state index contributed by atoms with van der Waals surface area (Å²) in [6.07, 6.45) is 1.57. The van der Waals surface area contributed by atoms with Crippen molar-refractivity contribution in [1.82, 2.24) is 4.98 Å². The Hall–Kier alpha value is -1.16. The maximum Gasteiger partial charge on any atom is 0.250 e. The lowest BCUT2D eigenvalue weighted by molar-refractivity contribution is 0.322. The van der Waals surface area contributed by atoms with E-state index in [4.69, 9.17) is 4.74 Å². The Kier molecular flexibility index (Phi) is 2.60. The summed E-state index contributed by atoms with van der Waals surface area (Å²) in [6.45, 7) is 1.41. The van der Waals surface area contributed by atoms with Crippen LogP contribution in [0.1, 0.15) is 0 Å². The average Bonchev–Trinajstić information content (AvgIpc) is 2.04. The number of aromatic amines is 1. The minimum atomic E-state index is -0.109. The van der Waals surface area contributed by atoms with Crippen LogP contribution in [0.25, 0.3) is 0 Å². The van der Waals surface area contributed by atoms with E-state index in [1.54, 1.807) is 6.20 Å². The van der Waals surface area contributed by atoms with Crippen molar-refractivity contribution in [3.8, 4) is 5.75 Å².